The van der Waals surface area contributed by atoms with Gasteiger partial charge >= 0.3 is 5.97 Å². The number of anilines is 1. The smallest absolute Gasteiger partial charge is 0.304 e. The third-order valence-electron chi connectivity index (χ3n) is 2.15. The Labute approximate surface area is 79.5 Å². The lowest BCUT2D eigenvalue weighted by Crippen LogP contribution is -2.34. The molecule has 0 spiro atoms. The molecule has 0 saturated carbocycles. The molecule has 0 fully saturated rings. The van der Waals surface area contributed by atoms with E-state index >= 15 is 0 Å². The van der Waals surface area contributed by atoms with E-state index in [4.69, 9.17) is 5.11 Å². The summed E-state index contributed by atoms with van der Waals surface area (Å²) in [5.74, 6) is -1.13. The number of aliphatic carboxylic acids is 1. The molecule has 2 rings (SSSR count). The van der Waals surface area contributed by atoms with Crippen LogP contribution in [0.3, 0.4) is 0 Å². The predicted molar refractivity (Wildman–Crippen MR) is 46.6 cm³/mol. The average Bonchev–Trinajstić information content (AvgIpc) is 2.51. The van der Waals surface area contributed by atoms with E-state index in [9.17, 15) is 9.59 Å². The van der Waals surface area contributed by atoms with Crippen molar-refractivity contribution in [2.24, 2.45) is 5.92 Å². The quantitative estimate of drug-likeness (QED) is 0.691. The Morgan fingerprint density at radius 1 is 1.79 bits per heavy atom. The van der Waals surface area contributed by atoms with Crippen molar-refractivity contribution in [3.63, 3.8) is 0 Å². The molecule has 0 aromatic carbocycles. The Kier molecular flexibility index (Phi) is 1.95. The number of nitrogens with zero attached hydrogens (tertiary/aromatic N) is 2. The molecule has 1 aromatic heterocycles. The summed E-state index contributed by atoms with van der Waals surface area (Å²) in [6, 6.07) is 1.68. The highest BCUT2D eigenvalue weighted by atomic mass is 16.4. The number of nitrogens with one attached hydrogen (secondary N) is 1. The molecule has 0 unspecified atom stereocenters. The van der Waals surface area contributed by atoms with Gasteiger partial charge in [-0.3, -0.25) is 9.59 Å². The molecular weight excluding hydrogens is 186 g/mol. The van der Waals surface area contributed by atoms with Gasteiger partial charge in [-0.1, -0.05) is 0 Å². The van der Waals surface area contributed by atoms with Crippen LogP contribution in [0.15, 0.2) is 12.3 Å². The van der Waals surface area contributed by atoms with Gasteiger partial charge in [-0.05, 0) is 0 Å². The Balaban J connectivity index is 2.17. The summed E-state index contributed by atoms with van der Waals surface area (Å²) in [4.78, 5) is 21.8. The number of rotatable bonds is 2. The fraction of sp³-hybridized carbons (Fsp3) is 0.375. The second kappa shape index (κ2) is 3.13. The first-order valence-corrected chi connectivity index (χ1v) is 4.21. The number of hydrogen-bond donors (Lipinski definition) is 2. The molecule has 1 aliphatic rings. The number of fused-ring (bicyclic) bond motifs is 1. The van der Waals surface area contributed by atoms with E-state index in [1.165, 1.54) is 0 Å². The fourth-order valence-corrected chi connectivity index (χ4v) is 1.47. The molecule has 1 aromatic rings. The minimum Gasteiger partial charge on any atom is -0.481 e. The molecule has 0 saturated heterocycles. The maximum atomic E-state index is 11.4. The van der Waals surface area contributed by atoms with E-state index < -0.39 is 11.9 Å². The summed E-state index contributed by atoms with van der Waals surface area (Å²) >= 11 is 0. The van der Waals surface area contributed by atoms with Crippen LogP contribution in [0, 0.1) is 5.92 Å². The van der Waals surface area contributed by atoms with Crippen molar-refractivity contribution in [3.8, 4) is 0 Å². The van der Waals surface area contributed by atoms with Crippen LogP contribution in [0.4, 0.5) is 5.82 Å². The number of carbonyl (C=O) groups is 2. The van der Waals surface area contributed by atoms with Gasteiger partial charge in [0.25, 0.3) is 0 Å². The zero-order valence-electron chi connectivity index (χ0n) is 7.30. The summed E-state index contributed by atoms with van der Waals surface area (Å²) < 4.78 is 1.59. The summed E-state index contributed by atoms with van der Waals surface area (Å²) in [6.45, 7) is 0.334. The molecule has 6 nitrogen and oxygen atoms in total. The Bertz CT molecular complexity index is 385. The minimum absolute atomic E-state index is 0.162. The van der Waals surface area contributed by atoms with Crippen molar-refractivity contribution in [2.75, 3.05) is 5.32 Å². The van der Waals surface area contributed by atoms with E-state index in [2.05, 4.69) is 10.4 Å². The van der Waals surface area contributed by atoms with Crippen molar-refractivity contribution < 1.29 is 14.7 Å². The van der Waals surface area contributed by atoms with E-state index in [1.807, 2.05) is 0 Å². The van der Waals surface area contributed by atoms with E-state index in [1.54, 1.807) is 16.9 Å². The molecule has 0 bridgehead atoms. The predicted octanol–water partition coefficient (Wildman–Crippen LogP) is -0.0739. The number of amides is 1. The van der Waals surface area contributed by atoms with Crippen molar-refractivity contribution in [1.29, 1.82) is 0 Å². The summed E-state index contributed by atoms with van der Waals surface area (Å²) in [5, 5.41) is 15.1. The zero-order valence-corrected chi connectivity index (χ0v) is 7.30. The molecule has 2 N–H and O–H groups in total. The molecule has 6 heteroatoms. The van der Waals surface area contributed by atoms with E-state index in [0.717, 1.165) is 0 Å². The van der Waals surface area contributed by atoms with Gasteiger partial charge in [0.2, 0.25) is 5.91 Å². The van der Waals surface area contributed by atoms with Gasteiger partial charge in [0.1, 0.15) is 5.82 Å². The van der Waals surface area contributed by atoms with Crippen LogP contribution in [0.5, 0.6) is 0 Å². The molecule has 1 amide bonds. The van der Waals surface area contributed by atoms with Gasteiger partial charge in [-0.15, -0.1) is 0 Å². The van der Waals surface area contributed by atoms with Crippen LogP contribution < -0.4 is 5.32 Å². The van der Waals surface area contributed by atoms with Gasteiger partial charge in [-0.25, -0.2) is 4.68 Å². The summed E-state index contributed by atoms with van der Waals surface area (Å²) in [7, 11) is 0. The summed E-state index contributed by atoms with van der Waals surface area (Å²) in [5.41, 5.74) is 0. The third kappa shape index (κ3) is 1.46. The van der Waals surface area contributed by atoms with Crippen LogP contribution >= 0.6 is 0 Å². The number of carboxylic acid groups (broad SMARTS) is 1. The Morgan fingerprint density at radius 3 is 3.29 bits per heavy atom. The minimum atomic E-state index is -0.972. The van der Waals surface area contributed by atoms with Gasteiger partial charge < -0.3 is 10.4 Å². The molecular formula is C8H9N3O3. The lowest BCUT2D eigenvalue weighted by Gasteiger charge is -2.21. The molecule has 2 heterocycles. The van der Waals surface area contributed by atoms with Crippen LogP contribution in [0.2, 0.25) is 0 Å². The van der Waals surface area contributed by atoms with Crippen LogP contribution in [0.25, 0.3) is 0 Å². The lowest BCUT2D eigenvalue weighted by molar-refractivity contribution is -0.140. The number of carboxylic acids is 1. The first-order valence-electron chi connectivity index (χ1n) is 4.21. The Morgan fingerprint density at radius 2 is 2.57 bits per heavy atom. The lowest BCUT2D eigenvalue weighted by atomic mass is 10.0. The van der Waals surface area contributed by atoms with Crippen LogP contribution in [-0.2, 0) is 16.1 Å². The highest BCUT2D eigenvalue weighted by Gasteiger charge is 2.28. The van der Waals surface area contributed by atoms with Crippen LogP contribution in [-0.4, -0.2) is 26.8 Å². The topological polar surface area (TPSA) is 84.2 Å². The van der Waals surface area contributed by atoms with Crippen molar-refractivity contribution in [2.45, 2.75) is 13.0 Å². The Hall–Kier alpha value is -1.85. The zero-order chi connectivity index (χ0) is 10.1. The van der Waals surface area contributed by atoms with Gasteiger partial charge in [0.15, 0.2) is 0 Å². The van der Waals surface area contributed by atoms with Crippen molar-refractivity contribution in [1.82, 2.24) is 9.78 Å². The maximum Gasteiger partial charge on any atom is 0.304 e. The number of aromatic nitrogens is 2. The number of carbonyl (C=O) groups excluding carboxylic acids is 1. The highest BCUT2D eigenvalue weighted by Crippen LogP contribution is 2.19. The number of hydrogen-bond acceptors (Lipinski definition) is 3. The second-order valence-electron chi connectivity index (χ2n) is 3.18. The van der Waals surface area contributed by atoms with Gasteiger partial charge in [0, 0.05) is 6.07 Å². The molecule has 1 atom stereocenters. The molecule has 1 aliphatic heterocycles. The van der Waals surface area contributed by atoms with Gasteiger partial charge in [-0.2, -0.15) is 5.10 Å². The maximum absolute atomic E-state index is 11.4. The van der Waals surface area contributed by atoms with Crippen LogP contribution in [0.1, 0.15) is 6.42 Å². The average molecular weight is 195 g/mol. The second-order valence-corrected chi connectivity index (χ2v) is 3.18. The standard InChI is InChI=1S/C8H9N3O3/c12-7(13)3-5-4-11-6(1-2-9-11)10-8(5)14/h1-2,5H,3-4H2,(H,10,14)(H,12,13)/t5-/m1/s1. The molecule has 14 heavy (non-hydrogen) atoms. The molecule has 0 aliphatic carbocycles. The normalized spacial score (nSPS) is 20.0. The van der Waals surface area contributed by atoms with E-state index in [-0.39, 0.29) is 12.3 Å². The summed E-state index contributed by atoms with van der Waals surface area (Å²) in [6.07, 6.45) is 1.41. The highest BCUT2D eigenvalue weighted by molar-refractivity contribution is 5.94. The fourth-order valence-electron chi connectivity index (χ4n) is 1.47. The largest absolute Gasteiger partial charge is 0.481 e. The SMILES string of the molecule is O=C(O)C[C@@H]1Cn2nccc2NC1=O. The third-order valence-corrected chi connectivity index (χ3v) is 2.15. The van der Waals surface area contributed by atoms with Crippen molar-refractivity contribution >= 4 is 17.7 Å². The van der Waals surface area contributed by atoms with Crippen molar-refractivity contribution in [3.05, 3.63) is 12.3 Å². The first-order chi connectivity index (χ1) is 6.66. The molecule has 74 valence electrons. The first kappa shape index (κ1) is 8.74. The van der Waals surface area contributed by atoms with Gasteiger partial charge in [0.05, 0.1) is 25.1 Å². The van der Waals surface area contributed by atoms with E-state index in [0.29, 0.717) is 12.4 Å². The molecule has 0 radical (unpaired) electrons. The monoisotopic (exact) mass is 195 g/mol.